The molecule has 110 valence electrons. The number of carbonyl (C=O) groups is 1. The molecule has 0 radical (unpaired) electrons. The number of amides is 1. The van der Waals surface area contributed by atoms with Crippen molar-refractivity contribution < 1.29 is 14.3 Å². The van der Waals surface area contributed by atoms with Crippen molar-refractivity contribution in [1.82, 2.24) is 0 Å². The molecule has 21 heavy (non-hydrogen) atoms. The minimum Gasteiger partial charge on any atom is -0.493 e. The van der Waals surface area contributed by atoms with Gasteiger partial charge in [0.2, 0.25) is 0 Å². The molecule has 0 saturated carbocycles. The summed E-state index contributed by atoms with van der Waals surface area (Å²) in [4.78, 5) is 14.1. The Morgan fingerprint density at radius 2 is 1.76 bits per heavy atom. The topological polar surface area (TPSA) is 38.8 Å². The molecular weight excluding hydrogens is 290 g/mol. The van der Waals surface area contributed by atoms with Crippen LogP contribution < -0.4 is 14.4 Å². The van der Waals surface area contributed by atoms with Gasteiger partial charge >= 0.3 is 0 Å². The molecule has 2 aromatic rings. The number of anilines is 1. The molecule has 0 fully saturated rings. The number of rotatable bonds is 4. The molecule has 5 heteroatoms. The van der Waals surface area contributed by atoms with Crippen LogP contribution >= 0.6 is 11.6 Å². The highest BCUT2D eigenvalue weighted by atomic mass is 35.5. The number of carbonyl (C=O) groups excluding carboxylic acids is 1. The maximum atomic E-state index is 12.5. The van der Waals surface area contributed by atoms with E-state index in [9.17, 15) is 4.79 Å². The van der Waals surface area contributed by atoms with Crippen LogP contribution in [0.2, 0.25) is 5.02 Å². The lowest BCUT2D eigenvalue weighted by atomic mass is 10.1. The first-order valence-electron chi connectivity index (χ1n) is 6.33. The molecule has 0 heterocycles. The zero-order chi connectivity index (χ0) is 15.4. The van der Waals surface area contributed by atoms with Crippen molar-refractivity contribution in [3.05, 3.63) is 53.1 Å². The lowest BCUT2D eigenvalue weighted by Crippen LogP contribution is -2.26. The normalized spacial score (nSPS) is 10.1. The molecule has 0 aliphatic heterocycles. The van der Waals surface area contributed by atoms with E-state index in [1.54, 1.807) is 24.1 Å². The Morgan fingerprint density at radius 1 is 1.10 bits per heavy atom. The first-order valence-corrected chi connectivity index (χ1v) is 6.71. The van der Waals surface area contributed by atoms with Crippen LogP contribution in [0, 0.1) is 0 Å². The summed E-state index contributed by atoms with van der Waals surface area (Å²) >= 11 is 6.13. The number of hydrogen-bond acceptors (Lipinski definition) is 3. The van der Waals surface area contributed by atoms with Gasteiger partial charge in [-0.1, -0.05) is 29.8 Å². The van der Waals surface area contributed by atoms with E-state index in [4.69, 9.17) is 21.1 Å². The van der Waals surface area contributed by atoms with Gasteiger partial charge in [0.05, 0.1) is 19.2 Å². The van der Waals surface area contributed by atoms with Gasteiger partial charge in [-0.05, 0) is 24.3 Å². The molecule has 0 atom stereocenters. The number of benzene rings is 2. The molecule has 1 amide bonds. The van der Waals surface area contributed by atoms with Gasteiger partial charge in [-0.3, -0.25) is 4.79 Å². The third-order valence-electron chi connectivity index (χ3n) is 3.13. The fraction of sp³-hybridized carbons (Fsp3) is 0.188. The highest BCUT2D eigenvalue weighted by molar-refractivity contribution is 6.32. The summed E-state index contributed by atoms with van der Waals surface area (Å²) in [5.41, 5.74) is 1.23. The predicted octanol–water partition coefficient (Wildman–Crippen LogP) is 3.63. The van der Waals surface area contributed by atoms with E-state index in [2.05, 4.69) is 0 Å². The van der Waals surface area contributed by atoms with Gasteiger partial charge in [0.15, 0.2) is 11.5 Å². The summed E-state index contributed by atoms with van der Waals surface area (Å²) in [5, 5.41) is 0.335. The van der Waals surface area contributed by atoms with Crippen LogP contribution in [0.15, 0.2) is 42.5 Å². The average molecular weight is 306 g/mol. The molecule has 2 aromatic carbocycles. The van der Waals surface area contributed by atoms with E-state index in [0.29, 0.717) is 22.1 Å². The Balaban J connectivity index is 2.38. The second-order valence-corrected chi connectivity index (χ2v) is 4.80. The Kier molecular flexibility index (Phi) is 4.70. The van der Waals surface area contributed by atoms with Gasteiger partial charge in [0.25, 0.3) is 5.91 Å². The first-order chi connectivity index (χ1) is 10.1. The Labute approximate surface area is 128 Å². The third-order valence-corrected chi connectivity index (χ3v) is 3.41. The van der Waals surface area contributed by atoms with Crippen molar-refractivity contribution in [3.8, 4) is 11.5 Å². The Morgan fingerprint density at radius 3 is 2.33 bits per heavy atom. The summed E-state index contributed by atoms with van der Waals surface area (Å²) in [6, 6.07) is 12.6. The number of nitrogens with zero attached hydrogens (tertiary/aromatic N) is 1. The zero-order valence-corrected chi connectivity index (χ0v) is 12.8. The smallest absolute Gasteiger partial charge is 0.258 e. The van der Waals surface area contributed by atoms with E-state index in [1.807, 2.05) is 30.3 Å². The zero-order valence-electron chi connectivity index (χ0n) is 12.1. The van der Waals surface area contributed by atoms with Crippen LogP contribution in [0.5, 0.6) is 11.5 Å². The predicted molar refractivity (Wildman–Crippen MR) is 83.7 cm³/mol. The van der Waals surface area contributed by atoms with E-state index >= 15 is 0 Å². The number of para-hydroxylation sites is 1. The molecule has 0 unspecified atom stereocenters. The molecule has 0 aliphatic rings. The summed E-state index contributed by atoms with van der Waals surface area (Å²) in [6.07, 6.45) is 0. The van der Waals surface area contributed by atoms with Gasteiger partial charge < -0.3 is 14.4 Å². The molecule has 2 rings (SSSR count). The second-order valence-electron chi connectivity index (χ2n) is 4.39. The molecule has 0 saturated heterocycles. The molecule has 0 spiro atoms. The van der Waals surface area contributed by atoms with Gasteiger partial charge in [0.1, 0.15) is 0 Å². The molecular formula is C16H16ClNO3. The van der Waals surface area contributed by atoms with E-state index in [0.717, 1.165) is 5.69 Å². The summed E-state index contributed by atoms with van der Waals surface area (Å²) in [6.45, 7) is 0. The Hall–Kier alpha value is -2.20. The average Bonchev–Trinajstić information content (AvgIpc) is 2.53. The summed E-state index contributed by atoms with van der Waals surface area (Å²) in [5.74, 6) is 0.664. The van der Waals surface area contributed by atoms with Crippen LogP contribution in [0.25, 0.3) is 0 Å². The van der Waals surface area contributed by atoms with Crippen molar-refractivity contribution in [1.29, 1.82) is 0 Å². The largest absolute Gasteiger partial charge is 0.493 e. The molecule has 0 aromatic heterocycles. The van der Waals surface area contributed by atoms with Crippen LogP contribution in [0.1, 0.15) is 10.4 Å². The monoisotopic (exact) mass is 305 g/mol. The second kappa shape index (κ2) is 6.50. The van der Waals surface area contributed by atoms with Crippen LogP contribution in [0.3, 0.4) is 0 Å². The lowest BCUT2D eigenvalue weighted by molar-refractivity contribution is 0.0992. The van der Waals surface area contributed by atoms with Crippen molar-refractivity contribution in [2.75, 3.05) is 26.2 Å². The quantitative estimate of drug-likeness (QED) is 0.866. The van der Waals surface area contributed by atoms with E-state index < -0.39 is 0 Å². The maximum Gasteiger partial charge on any atom is 0.258 e. The van der Waals surface area contributed by atoms with Gasteiger partial charge in [-0.2, -0.15) is 0 Å². The number of halogens is 1. The maximum absolute atomic E-state index is 12.5. The minimum absolute atomic E-state index is 0.177. The molecule has 0 aliphatic carbocycles. The van der Waals surface area contributed by atoms with Crippen LogP contribution in [-0.4, -0.2) is 27.2 Å². The van der Waals surface area contributed by atoms with Gasteiger partial charge in [0, 0.05) is 18.3 Å². The van der Waals surface area contributed by atoms with Gasteiger partial charge in [-0.25, -0.2) is 0 Å². The lowest BCUT2D eigenvalue weighted by Gasteiger charge is -2.18. The highest BCUT2D eigenvalue weighted by Gasteiger charge is 2.18. The number of methoxy groups -OCH3 is 2. The van der Waals surface area contributed by atoms with E-state index in [1.165, 1.54) is 14.2 Å². The third kappa shape index (κ3) is 3.11. The van der Waals surface area contributed by atoms with Crippen molar-refractivity contribution in [3.63, 3.8) is 0 Å². The van der Waals surface area contributed by atoms with E-state index in [-0.39, 0.29) is 5.91 Å². The fourth-order valence-corrected chi connectivity index (χ4v) is 2.29. The van der Waals surface area contributed by atoms with Gasteiger partial charge in [-0.15, -0.1) is 0 Å². The minimum atomic E-state index is -0.177. The van der Waals surface area contributed by atoms with Crippen molar-refractivity contribution in [2.24, 2.45) is 0 Å². The Bertz CT molecular complexity index is 643. The van der Waals surface area contributed by atoms with Crippen LogP contribution in [0.4, 0.5) is 5.69 Å². The molecule has 4 nitrogen and oxygen atoms in total. The van der Waals surface area contributed by atoms with Crippen LogP contribution in [-0.2, 0) is 0 Å². The fourth-order valence-electron chi connectivity index (χ4n) is 2.00. The number of ether oxygens (including phenoxy) is 2. The van der Waals surface area contributed by atoms with Crippen molar-refractivity contribution >= 4 is 23.2 Å². The SMILES string of the molecule is COc1cc(C(=O)N(C)c2ccccc2)cc(Cl)c1OC. The standard InChI is InChI=1S/C16H16ClNO3/c1-18(12-7-5-4-6-8-12)16(19)11-9-13(17)15(21-3)14(10-11)20-2/h4-10H,1-3H3. The summed E-state index contributed by atoms with van der Waals surface area (Å²) < 4.78 is 10.4. The first kappa shape index (κ1) is 15.2. The molecule has 0 N–H and O–H groups in total. The molecule has 0 bridgehead atoms. The van der Waals surface area contributed by atoms with Crippen molar-refractivity contribution in [2.45, 2.75) is 0 Å². The highest BCUT2D eigenvalue weighted by Crippen LogP contribution is 2.36. The summed E-state index contributed by atoms with van der Waals surface area (Å²) in [7, 11) is 4.72. The number of hydrogen-bond donors (Lipinski definition) is 0.